The zero-order chi connectivity index (χ0) is 31.0. The van der Waals surface area contributed by atoms with Crippen molar-refractivity contribution in [2.45, 2.75) is 6.92 Å². The summed E-state index contributed by atoms with van der Waals surface area (Å²) in [5.41, 5.74) is 7.30. The van der Waals surface area contributed by atoms with Crippen LogP contribution in [0.2, 0.25) is 0 Å². The molecule has 229 valence electrons. The molecule has 9 aromatic rings. The van der Waals surface area contributed by atoms with Crippen molar-refractivity contribution in [3.05, 3.63) is 157 Å². The van der Waals surface area contributed by atoms with E-state index in [1.54, 1.807) is 12.3 Å². The Morgan fingerprint density at radius 3 is 2.28 bits per heavy atom. The van der Waals surface area contributed by atoms with Gasteiger partial charge in [0, 0.05) is 59.9 Å². The summed E-state index contributed by atoms with van der Waals surface area (Å²) in [6, 6.07) is 46.9. The summed E-state index contributed by atoms with van der Waals surface area (Å²) in [6.45, 7) is 2.00. The van der Waals surface area contributed by atoms with Crippen molar-refractivity contribution in [1.82, 2.24) is 19.5 Å². The van der Waals surface area contributed by atoms with Crippen LogP contribution in [0.1, 0.15) is 5.69 Å². The molecule has 7 heteroatoms. The van der Waals surface area contributed by atoms with Gasteiger partial charge in [-0.05, 0) is 42.9 Å². The van der Waals surface area contributed by atoms with E-state index in [4.69, 9.17) is 14.4 Å². The van der Waals surface area contributed by atoms with Gasteiger partial charge in [-0.3, -0.25) is 4.98 Å². The molecule has 0 aliphatic carbocycles. The first-order valence-electron chi connectivity index (χ1n) is 14.9. The van der Waals surface area contributed by atoms with Crippen LogP contribution in [0.25, 0.3) is 72.2 Å². The summed E-state index contributed by atoms with van der Waals surface area (Å²) in [7, 11) is 0. The van der Waals surface area contributed by atoms with Crippen LogP contribution in [0.5, 0.6) is 0 Å². The number of para-hydroxylation sites is 1. The van der Waals surface area contributed by atoms with Gasteiger partial charge in [0.2, 0.25) is 0 Å². The number of rotatable bonds is 3. The first kappa shape index (κ1) is 30.2. The molecule has 0 saturated carbocycles. The quantitative estimate of drug-likeness (QED) is 0.167. The molecule has 0 saturated heterocycles. The zero-order valence-electron chi connectivity index (χ0n) is 25.1. The summed E-state index contributed by atoms with van der Waals surface area (Å²) in [5.74, 6) is 0.342. The van der Waals surface area contributed by atoms with E-state index in [9.17, 15) is 4.39 Å². The van der Waals surface area contributed by atoms with E-state index < -0.39 is 0 Å². The Bertz CT molecular complexity index is 2460. The summed E-state index contributed by atoms with van der Waals surface area (Å²) in [4.78, 5) is 14.1. The fraction of sp³-hybridized carbons (Fsp3) is 0.0250. The number of aryl methyl sites for hydroxylation is 1. The SMILES string of the molecule is Cc1nc2nc(-c3[c-]ccc4c3oc3cc(F)ccc34)n(-c3ccccc3)c2c2ccccc12.[Ir].[c-]1ccccc1-c1ccccn1. The predicted molar refractivity (Wildman–Crippen MR) is 181 cm³/mol. The first-order valence-corrected chi connectivity index (χ1v) is 14.9. The Balaban J connectivity index is 0.000000228. The van der Waals surface area contributed by atoms with E-state index >= 15 is 0 Å². The molecule has 0 unspecified atom stereocenters. The number of aromatic nitrogens is 4. The largest absolute Gasteiger partial charge is 0.500 e. The van der Waals surface area contributed by atoms with Crippen LogP contribution in [0.3, 0.4) is 0 Å². The van der Waals surface area contributed by atoms with Gasteiger partial charge in [0.25, 0.3) is 0 Å². The van der Waals surface area contributed by atoms with E-state index in [-0.39, 0.29) is 25.9 Å². The Morgan fingerprint density at radius 2 is 1.49 bits per heavy atom. The van der Waals surface area contributed by atoms with Crippen molar-refractivity contribution in [3.63, 3.8) is 0 Å². The van der Waals surface area contributed by atoms with Gasteiger partial charge in [-0.15, -0.1) is 54.1 Å². The second-order valence-corrected chi connectivity index (χ2v) is 10.9. The van der Waals surface area contributed by atoms with E-state index in [0.29, 0.717) is 28.2 Å². The summed E-state index contributed by atoms with van der Waals surface area (Å²) in [6.07, 6.45) is 1.79. The number of hydrogen-bond donors (Lipinski definition) is 0. The number of benzene rings is 5. The van der Waals surface area contributed by atoms with Crippen LogP contribution in [0.4, 0.5) is 4.39 Å². The second-order valence-electron chi connectivity index (χ2n) is 10.9. The molecule has 0 N–H and O–H groups in total. The van der Waals surface area contributed by atoms with Gasteiger partial charge in [0.1, 0.15) is 11.4 Å². The van der Waals surface area contributed by atoms with E-state index in [0.717, 1.165) is 49.7 Å². The number of fused-ring (bicyclic) bond motifs is 6. The topological polar surface area (TPSA) is 56.7 Å². The number of nitrogens with zero attached hydrogens (tertiary/aromatic N) is 4. The third-order valence-electron chi connectivity index (χ3n) is 7.99. The third kappa shape index (κ3) is 5.50. The zero-order valence-corrected chi connectivity index (χ0v) is 27.5. The van der Waals surface area contributed by atoms with Crippen molar-refractivity contribution < 1.29 is 28.9 Å². The van der Waals surface area contributed by atoms with Crippen molar-refractivity contribution in [3.8, 4) is 28.3 Å². The molecule has 0 aliphatic heterocycles. The molecule has 0 bridgehead atoms. The molecule has 0 amide bonds. The molecule has 0 fully saturated rings. The van der Waals surface area contributed by atoms with Crippen molar-refractivity contribution in [2.75, 3.05) is 0 Å². The maximum Gasteiger partial charge on any atom is 0.169 e. The van der Waals surface area contributed by atoms with Gasteiger partial charge in [-0.25, -0.2) is 9.37 Å². The Kier molecular flexibility index (Phi) is 8.17. The standard InChI is InChI=1S/C29H17FN3O.C11H8N.Ir/c1-17-20-10-5-6-11-22(20)26-28(31-17)32-29(33(26)19-8-3-2-4-9-19)24-13-7-12-23-21-15-14-18(30)16-25(21)34-27(23)24;1-2-6-10(7-3-1)11-8-4-5-9-12-11;/h2-12,14-16H,1H3;1-6,8-9H;/q2*-1;. The first-order chi connectivity index (χ1) is 22.7. The second kappa shape index (κ2) is 12.7. The Hall–Kier alpha value is -5.49. The fourth-order valence-corrected chi connectivity index (χ4v) is 5.90. The molecule has 0 aliphatic rings. The molecule has 5 nitrogen and oxygen atoms in total. The van der Waals surface area contributed by atoms with Crippen LogP contribution in [0.15, 0.2) is 138 Å². The van der Waals surface area contributed by atoms with Crippen molar-refractivity contribution in [2.24, 2.45) is 0 Å². The van der Waals surface area contributed by atoms with Gasteiger partial charge in [-0.2, -0.15) is 0 Å². The number of furan rings is 1. The number of pyridine rings is 2. The maximum atomic E-state index is 13.9. The van der Waals surface area contributed by atoms with Gasteiger partial charge in [0.15, 0.2) is 5.65 Å². The minimum Gasteiger partial charge on any atom is -0.500 e. The van der Waals surface area contributed by atoms with Gasteiger partial charge in [0.05, 0.1) is 16.9 Å². The Labute approximate surface area is 283 Å². The molecule has 0 atom stereocenters. The van der Waals surface area contributed by atoms with Gasteiger partial charge < -0.3 is 14.0 Å². The van der Waals surface area contributed by atoms with Crippen molar-refractivity contribution in [1.29, 1.82) is 0 Å². The van der Waals surface area contributed by atoms with Gasteiger partial charge in [-0.1, -0.05) is 65.5 Å². The van der Waals surface area contributed by atoms with Crippen LogP contribution in [0, 0.1) is 24.9 Å². The number of halogens is 1. The van der Waals surface area contributed by atoms with Crippen LogP contribution >= 0.6 is 0 Å². The molecule has 4 aromatic heterocycles. The van der Waals surface area contributed by atoms with Crippen LogP contribution < -0.4 is 0 Å². The minimum absolute atomic E-state index is 0. The van der Waals surface area contributed by atoms with E-state index in [1.165, 1.54) is 12.1 Å². The monoisotopic (exact) mass is 789 g/mol. The fourth-order valence-electron chi connectivity index (χ4n) is 5.90. The summed E-state index contributed by atoms with van der Waals surface area (Å²) in [5, 5.41) is 3.91. The maximum absolute atomic E-state index is 13.9. The molecule has 4 heterocycles. The smallest absolute Gasteiger partial charge is 0.169 e. The number of hydrogen-bond acceptors (Lipinski definition) is 4. The molecule has 1 radical (unpaired) electrons. The molecule has 47 heavy (non-hydrogen) atoms. The van der Waals surface area contributed by atoms with Crippen LogP contribution in [-0.2, 0) is 20.1 Å². The van der Waals surface area contributed by atoms with Crippen LogP contribution in [-0.4, -0.2) is 19.5 Å². The molecule has 9 rings (SSSR count). The number of imidazole rings is 1. The molecule has 0 spiro atoms. The molecular weight excluding hydrogens is 764 g/mol. The van der Waals surface area contributed by atoms with Crippen molar-refractivity contribution >= 4 is 43.9 Å². The molecule has 5 aromatic carbocycles. The van der Waals surface area contributed by atoms with Gasteiger partial charge >= 0.3 is 0 Å². The normalized spacial score (nSPS) is 11.0. The molecular formula is C40H25FIrN4O-2. The Morgan fingerprint density at radius 1 is 0.702 bits per heavy atom. The summed E-state index contributed by atoms with van der Waals surface area (Å²) < 4.78 is 22.2. The van der Waals surface area contributed by atoms with E-state index in [2.05, 4.69) is 33.8 Å². The third-order valence-corrected chi connectivity index (χ3v) is 7.99. The van der Waals surface area contributed by atoms with E-state index in [1.807, 2.05) is 104 Å². The minimum atomic E-state index is -0.334. The average Bonchev–Trinajstić information content (AvgIpc) is 3.68. The average molecular weight is 789 g/mol. The summed E-state index contributed by atoms with van der Waals surface area (Å²) >= 11 is 0. The predicted octanol–water partition coefficient (Wildman–Crippen LogP) is 9.93.